The lowest BCUT2D eigenvalue weighted by molar-refractivity contribution is 0.538. The van der Waals surface area contributed by atoms with Crippen LogP contribution >= 0.6 is 11.6 Å². The number of nitrogens with two attached hydrogens (primary N) is 1. The average molecular weight is 352 g/mol. The predicted molar refractivity (Wildman–Crippen MR) is 107 cm³/mol. The van der Waals surface area contributed by atoms with E-state index in [-0.39, 0.29) is 6.04 Å². The molecule has 0 atom stereocenters. The van der Waals surface area contributed by atoms with Crippen LogP contribution in [-0.2, 0) is 6.42 Å². The van der Waals surface area contributed by atoms with Crippen LogP contribution in [-0.4, -0.2) is 9.78 Å². The Morgan fingerprint density at radius 2 is 2.04 bits per heavy atom. The Hall–Kier alpha value is -2.52. The molecule has 25 heavy (non-hydrogen) atoms. The number of benzene rings is 2. The summed E-state index contributed by atoms with van der Waals surface area (Å²) >= 11 is 6.60. The first kappa shape index (κ1) is 17.3. The monoisotopic (exact) mass is 351 g/mol. The molecule has 0 aliphatic heterocycles. The molecular weight excluding hydrogens is 330 g/mol. The molecule has 0 aliphatic rings. The molecule has 0 saturated heterocycles. The lowest BCUT2D eigenvalue weighted by Crippen LogP contribution is -2.05. The number of allylic oxidation sites excluding steroid dienone is 1. The van der Waals surface area contributed by atoms with E-state index in [1.54, 1.807) is 0 Å². The van der Waals surface area contributed by atoms with Crippen molar-refractivity contribution in [1.82, 2.24) is 9.78 Å². The predicted octanol–water partition coefficient (Wildman–Crippen LogP) is 5.76. The maximum atomic E-state index is 6.60. The molecular formula is C21H22ClN3. The van der Waals surface area contributed by atoms with Gasteiger partial charge in [-0.05, 0) is 55.7 Å². The highest BCUT2D eigenvalue weighted by Gasteiger charge is 2.16. The SMILES string of the molecule is C=CCc1cc(-c2c(Cl)cccc2-c2ccnn2C(C)C)ccc1N. The third-order valence-corrected chi connectivity index (χ3v) is 4.56. The van der Waals surface area contributed by atoms with Crippen LogP contribution in [0.2, 0.25) is 5.02 Å². The molecule has 4 heteroatoms. The van der Waals surface area contributed by atoms with Crippen LogP contribution < -0.4 is 5.73 Å². The molecule has 1 heterocycles. The van der Waals surface area contributed by atoms with E-state index in [1.165, 1.54) is 0 Å². The molecule has 0 radical (unpaired) electrons. The van der Waals surface area contributed by atoms with Crippen LogP contribution in [0, 0.1) is 0 Å². The highest BCUT2D eigenvalue weighted by Crippen LogP contribution is 2.39. The van der Waals surface area contributed by atoms with Gasteiger partial charge in [0.25, 0.3) is 0 Å². The number of nitrogen functional groups attached to an aromatic ring is 1. The Balaban J connectivity index is 2.22. The van der Waals surface area contributed by atoms with Crippen molar-refractivity contribution in [3.63, 3.8) is 0 Å². The molecule has 3 rings (SSSR count). The molecule has 128 valence electrons. The van der Waals surface area contributed by atoms with Crippen molar-refractivity contribution < 1.29 is 0 Å². The van der Waals surface area contributed by atoms with Crippen molar-refractivity contribution in [2.75, 3.05) is 5.73 Å². The summed E-state index contributed by atoms with van der Waals surface area (Å²) in [6, 6.07) is 14.3. The summed E-state index contributed by atoms with van der Waals surface area (Å²) in [4.78, 5) is 0. The highest BCUT2D eigenvalue weighted by atomic mass is 35.5. The van der Waals surface area contributed by atoms with E-state index >= 15 is 0 Å². The lowest BCUT2D eigenvalue weighted by atomic mass is 9.94. The summed E-state index contributed by atoms with van der Waals surface area (Å²) in [6.07, 6.45) is 4.41. The van der Waals surface area contributed by atoms with Gasteiger partial charge in [0.2, 0.25) is 0 Å². The normalized spacial score (nSPS) is 11.0. The zero-order valence-corrected chi connectivity index (χ0v) is 15.3. The van der Waals surface area contributed by atoms with Crippen molar-refractivity contribution in [3.05, 3.63) is 71.9 Å². The van der Waals surface area contributed by atoms with Gasteiger partial charge in [0.1, 0.15) is 0 Å². The summed E-state index contributed by atoms with van der Waals surface area (Å²) in [5, 5.41) is 5.17. The van der Waals surface area contributed by atoms with Crippen LogP contribution in [0.4, 0.5) is 5.69 Å². The Kier molecular flexibility index (Phi) is 4.95. The highest BCUT2D eigenvalue weighted by molar-refractivity contribution is 6.34. The number of halogens is 1. The first-order valence-corrected chi connectivity index (χ1v) is 8.72. The largest absolute Gasteiger partial charge is 0.398 e. The summed E-state index contributed by atoms with van der Waals surface area (Å²) in [6.45, 7) is 8.05. The van der Waals surface area contributed by atoms with E-state index in [0.717, 1.165) is 40.1 Å². The molecule has 2 N–H and O–H groups in total. The maximum Gasteiger partial charge on any atom is 0.0692 e. The third kappa shape index (κ3) is 3.33. The molecule has 0 amide bonds. The minimum absolute atomic E-state index is 0.263. The summed E-state index contributed by atoms with van der Waals surface area (Å²) < 4.78 is 2.01. The van der Waals surface area contributed by atoms with Crippen molar-refractivity contribution >= 4 is 17.3 Å². The van der Waals surface area contributed by atoms with E-state index in [4.69, 9.17) is 17.3 Å². The van der Waals surface area contributed by atoms with Gasteiger partial charge in [-0.15, -0.1) is 6.58 Å². The quantitative estimate of drug-likeness (QED) is 0.469. The smallest absolute Gasteiger partial charge is 0.0692 e. The van der Waals surface area contributed by atoms with E-state index in [1.807, 2.05) is 47.3 Å². The average Bonchev–Trinajstić information content (AvgIpc) is 3.07. The topological polar surface area (TPSA) is 43.8 Å². The van der Waals surface area contributed by atoms with E-state index in [9.17, 15) is 0 Å². The zero-order valence-electron chi connectivity index (χ0n) is 14.5. The zero-order chi connectivity index (χ0) is 18.0. The van der Waals surface area contributed by atoms with Crippen LogP contribution in [0.25, 0.3) is 22.4 Å². The van der Waals surface area contributed by atoms with Crippen LogP contribution in [0.1, 0.15) is 25.5 Å². The number of hydrogen-bond acceptors (Lipinski definition) is 2. The Bertz CT molecular complexity index is 909. The first-order valence-electron chi connectivity index (χ1n) is 8.35. The lowest BCUT2D eigenvalue weighted by Gasteiger charge is -2.17. The summed E-state index contributed by atoms with van der Waals surface area (Å²) in [5.41, 5.74) is 12.1. The van der Waals surface area contributed by atoms with E-state index < -0.39 is 0 Å². The van der Waals surface area contributed by atoms with Crippen molar-refractivity contribution in [3.8, 4) is 22.4 Å². The molecule has 0 saturated carbocycles. The Morgan fingerprint density at radius 1 is 1.24 bits per heavy atom. The van der Waals surface area contributed by atoms with E-state index in [2.05, 4.69) is 37.7 Å². The number of anilines is 1. The van der Waals surface area contributed by atoms with Gasteiger partial charge in [-0.3, -0.25) is 4.68 Å². The Labute approximate surface area is 153 Å². The molecule has 3 nitrogen and oxygen atoms in total. The minimum atomic E-state index is 0.263. The fourth-order valence-electron chi connectivity index (χ4n) is 3.06. The van der Waals surface area contributed by atoms with Gasteiger partial charge in [-0.1, -0.05) is 35.9 Å². The van der Waals surface area contributed by atoms with Gasteiger partial charge in [-0.25, -0.2) is 0 Å². The molecule has 1 aromatic heterocycles. The third-order valence-electron chi connectivity index (χ3n) is 4.24. The molecule has 0 unspecified atom stereocenters. The minimum Gasteiger partial charge on any atom is -0.398 e. The number of aromatic nitrogens is 2. The standard InChI is InChI=1S/C21H22ClN3/c1-4-6-15-13-16(9-10-19(15)23)21-17(7-5-8-18(21)22)20-11-12-24-25(20)14(2)3/h4-5,7-14H,1,6,23H2,2-3H3. The molecule has 0 aliphatic carbocycles. The summed E-state index contributed by atoms with van der Waals surface area (Å²) in [5.74, 6) is 0. The molecule has 2 aromatic carbocycles. The van der Waals surface area contributed by atoms with Crippen molar-refractivity contribution in [2.45, 2.75) is 26.3 Å². The number of hydrogen-bond donors (Lipinski definition) is 1. The molecule has 0 bridgehead atoms. The van der Waals surface area contributed by atoms with Crippen molar-refractivity contribution in [1.29, 1.82) is 0 Å². The molecule has 0 fully saturated rings. The van der Waals surface area contributed by atoms with Crippen molar-refractivity contribution in [2.24, 2.45) is 0 Å². The first-order chi connectivity index (χ1) is 12.0. The van der Waals surface area contributed by atoms with Crippen LogP contribution in [0.3, 0.4) is 0 Å². The van der Waals surface area contributed by atoms with Gasteiger partial charge in [-0.2, -0.15) is 5.10 Å². The molecule has 3 aromatic rings. The second-order valence-corrected chi connectivity index (χ2v) is 6.73. The van der Waals surface area contributed by atoms with Crippen LogP contribution in [0.5, 0.6) is 0 Å². The van der Waals surface area contributed by atoms with Gasteiger partial charge in [0.15, 0.2) is 0 Å². The van der Waals surface area contributed by atoms with Crippen LogP contribution in [0.15, 0.2) is 61.3 Å². The van der Waals surface area contributed by atoms with E-state index in [0.29, 0.717) is 5.02 Å². The molecule has 0 spiro atoms. The fraction of sp³-hybridized carbons (Fsp3) is 0.190. The second-order valence-electron chi connectivity index (χ2n) is 6.32. The number of nitrogens with zero attached hydrogens (tertiary/aromatic N) is 2. The van der Waals surface area contributed by atoms with Gasteiger partial charge in [0, 0.05) is 34.1 Å². The van der Waals surface area contributed by atoms with Gasteiger partial charge >= 0.3 is 0 Å². The van der Waals surface area contributed by atoms with Gasteiger partial charge < -0.3 is 5.73 Å². The maximum absolute atomic E-state index is 6.60. The number of rotatable bonds is 5. The summed E-state index contributed by atoms with van der Waals surface area (Å²) in [7, 11) is 0. The fourth-order valence-corrected chi connectivity index (χ4v) is 3.35. The van der Waals surface area contributed by atoms with Gasteiger partial charge in [0.05, 0.1) is 5.69 Å². The second kappa shape index (κ2) is 7.16. The Morgan fingerprint density at radius 3 is 2.76 bits per heavy atom.